The van der Waals surface area contributed by atoms with Gasteiger partial charge in [-0.15, -0.1) is 0 Å². The van der Waals surface area contributed by atoms with Crippen LogP contribution < -0.4 is 0 Å². The number of benzene rings is 1. The van der Waals surface area contributed by atoms with Gasteiger partial charge in [-0.25, -0.2) is 8.78 Å². The SMILES string of the molecule is CC(=O)N(Cc1ccccc1)/C(=C/C(F)F)C(C)(C)C. The molecule has 110 valence electrons. The molecular weight excluding hydrogens is 260 g/mol. The summed E-state index contributed by atoms with van der Waals surface area (Å²) in [5.41, 5.74) is 0.729. The van der Waals surface area contributed by atoms with Crippen molar-refractivity contribution in [3.05, 3.63) is 47.7 Å². The minimum Gasteiger partial charge on any atom is -0.312 e. The molecule has 0 N–H and O–H groups in total. The van der Waals surface area contributed by atoms with E-state index in [9.17, 15) is 13.6 Å². The Bertz CT molecular complexity index is 475. The van der Waals surface area contributed by atoms with Crippen molar-refractivity contribution >= 4 is 5.91 Å². The molecule has 0 aliphatic heterocycles. The number of hydrogen-bond acceptors (Lipinski definition) is 1. The number of rotatable bonds is 4. The van der Waals surface area contributed by atoms with Gasteiger partial charge in [0, 0.05) is 24.1 Å². The summed E-state index contributed by atoms with van der Waals surface area (Å²) in [5, 5.41) is 0. The van der Waals surface area contributed by atoms with Crippen LogP contribution in [0.4, 0.5) is 8.78 Å². The molecule has 0 saturated heterocycles. The molecule has 1 rings (SSSR count). The first kappa shape index (κ1) is 16.3. The van der Waals surface area contributed by atoms with Gasteiger partial charge in [0.2, 0.25) is 5.91 Å². The van der Waals surface area contributed by atoms with Crippen LogP contribution in [0.25, 0.3) is 0 Å². The minimum absolute atomic E-state index is 0.240. The molecule has 1 aromatic rings. The van der Waals surface area contributed by atoms with E-state index < -0.39 is 11.8 Å². The van der Waals surface area contributed by atoms with Gasteiger partial charge in [-0.2, -0.15) is 0 Å². The number of hydrogen-bond donors (Lipinski definition) is 0. The van der Waals surface area contributed by atoms with E-state index in [1.165, 1.54) is 11.8 Å². The molecule has 2 nitrogen and oxygen atoms in total. The molecule has 4 heteroatoms. The third-order valence-corrected chi connectivity index (χ3v) is 2.91. The van der Waals surface area contributed by atoms with E-state index in [-0.39, 0.29) is 5.91 Å². The number of halogens is 2. The van der Waals surface area contributed by atoms with Crippen LogP contribution in [0.3, 0.4) is 0 Å². The summed E-state index contributed by atoms with van der Waals surface area (Å²) >= 11 is 0. The highest BCUT2D eigenvalue weighted by Crippen LogP contribution is 2.30. The van der Waals surface area contributed by atoms with Crippen LogP contribution in [-0.2, 0) is 11.3 Å². The summed E-state index contributed by atoms with van der Waals surface area (Å²) in [5.74, 6) is -0.240. The maximum atomic E-state index is 12.8. The Balaban J connectivity index is 3.13. The van der Waals surface area contributed by atoms with E-state index in [0.29, 0.717) is 12.2 Å². The fraction of sp³-hybridized carbons (Fsp3) is 0.438. The summed E-state index contributed by atoms with van der Waals surface area (Å²) in [6, 6.07) is 9.35. The number of amides is 1. The summed E-state index contributed by atoms with van der Waals surface area (Å²) in [6.07, 6.45) is -1.72. The second-order valence-corrected chi connectivity index (χ2v) is 5.73. The van der Waals surface area contributed by atoms with E-state index >= 15 is 0 Å². The lowest BCUT2D eigenvalue weighted by Gasteiger charge is -2.33. The maximum absolute atomic E-state index is 12.8. The number of alkyl halides is 2. The molecular formula is C16H21F2NO. The lowest BCUT2D eigenvalue weighted by molar-refractivity contribution is -0.128. The zero-order chi connectivity index (χ0) is 15.3. The molecule has 0 radical (unpaired) electrons. The van der Waals surface area contributed by atoms with Gasteiger partial charge in [-0.3, -0.25) is 4.79 Å². The minimum atomic E-state index is -2.58. The summed E-state index contributed by atoms with van der Waals surface area (Å²) in [4.78, 5) is 13.3. The quantitative estimate of drug-likeness (QED) is 0.808. The van der Waals surface area contributed by atoms with Gasteiger partial charge in [0.05, 0.1) is 6.54 Å². The van der Waals surface area contributed by atoms with E-state index in [0.717, 1.165) is 11.6 Å². The molecule has 0 spiro atoms. The zero-order valence-electron chi connectivity index (χ0n) is 12.4. The normalized spacial score (nSPS) is 12.7. The highest BCUT2D eigenvalue weighted by Gasteiger charge is 2.26. The lowest BCUT2D eigenvalue weighted by atomic mass is 9.90. The van der Waals surface area contributed by atoms with Gasteiger partial charge in [-0.05, 0) is 5.56 Å². The molecule has 0 aromatic heterocycles. The first-order chi connectivity index (χ1) is 9.21. The van der Waals surface area contributed by atoms with Crippen LogP contribution >= 0.6 is 0 Å². The Kier molecular flexibility index (Phi) is 5.43. The van der Waals surface area contributed by atoms with Crippen molar-refractivity contribution in [1.29, 1.82) is 0 Å². The molecule has 20 heavy (non-hydrogen) atoms. The van der Waals surface area contributed by atoms with Crippen molar-refractivity contribution in [3.8, 4) is 0 Å². The van der Waals surface area contributed by atoms with Crippen molar-refractivity contribution in [2.45, 2.75) is 40.7 Å². The second kappa shape index (κ2) is 6.64. The van der Waals surface area contributed by atoms with E-state index in [1.54, 1.807) is 0 Å². The van der Waals surface area contributed by atoms with Gasteiger partial charge in [-0.1, -0.05) is 51.1 Å². The number of carbonyl (C=O) groups excluding carboxylic acids is 1. The van der Waals surface area contributed by atoms with Crippen molar-refractivity contribution in [2.24, 2.45) is 5.41 Å². The average molecular weight is 281 g/mol. The largest absolute Gasteiger partial charge is 0.312 e. The number of nitrogens with zero attached hydrogens (tertiary/aromatic N) is 1. The molecule has 1 amide bonds. The fourth-order valence-corrected chi connectivity index (χ4v) is 2.00. The molecule has 0 saturated carbocycles. The van der Waals surface area contributed by atoms with E-state index in [2.05, 4.69) is 0 Å². The highest BCUT2D eigenvalue weighted by molar-refractivity contribution is 5.75. The summed E-state index contributed by atoms with van der Waals surface area (Å²) in [6.45, 7) is 7.16. The van der Waals surface area contributed by atoms with Crippen LogP contribution in [0.2, 0.25) is 0 Å². The molecule has 0 atom stereocenters. The third kappa shape index (κ3) is 4.76. The first-order valence-corrected chi connectivity index (χ1v) is 6.54. The predicted octanol–water partition coefficient (Wildman–Crippen LogP) is 4.23. The van der Waals surface area contributed by atoms with Crippen molar-refractivity contribution in [1.82, 2.24) is 4.90 Å². The topological polar surface area (TPSA) is 20.3 Å². The molecule has 0 aliphatic carbocycles. The number of carbonyl (C=O) groups is 1. The summed E-state index contributed by atoms with van der Waals surface area (Å²) < 4.78 is 25.5. The second-order valence-electron chi connectivity index (χ2n) is 5.73. The Morgan fingerprint density at radius 3 is 2.20 bits per heavy atom. The third-order valence-electron chi connectivity index (χ3n) is 2.91. The monoisotopic (exact) mass is 281 g/mol. The Morgan fingerprint density at radius 2 is 1.80 bits per heavy atom. The zero-order valence-corrected chi connectivity index (χ0v) is 12.4. The van der Waals surface area contributed by atoms with Crippen molar-refractivity contribution in [2.75, 3.05) is 0 Å². The van der Waals surface area contributed by atoms with Crippen LogP contribution in [0.15, 0.2) is 42.1 Å². The molecule has 1 aromatic carbocycles. The first-order valence-electron chi connectivity index (χ1n) is 6.54. The van der Waals surface area contributed by atoms with Gasteiger partial charge in [0.1, 0.15) is 0 Å². The van der Waals surface area contributed by atoms with Crippen LogP contribution in [-0.4, -0.2) is 17.2 Å². The Morgan fingerprint density at radius 1 is 1.25 bits per heavy atom. The standard InChI is InChI=1S/C16H21F2NO/c1-12(20)19(11-13-8-6-5-7-9-13)14(10-15(17)18)16(2,3)4/h5-10,15H,11H2,1-4H3/b14-10+. The smallest absolute Gasteiger partial charge is 0.259 e. The van der Waals surface area contributed by atoms with Crippen LogP contribution in [0, 0.1) is 5.41 Å². The lowest BCUT2D eigenvalue weighted by Crippen LogP contribution is -2.34. The molecule has 0 heterocycles. The maximum Gasteiger partial charge on any atom is 0.259 e. The van der Waals surface area contributed by atoms with Crippen molar-refractivity contribution < 1.29 is 13.6 Å². The van der Waals surface area contributed by atoms with E-state index in [1.807, 2.05) is 51.1 Å². The van der Waals surface area contributed by atoms with Gasteiger partial charge in [0.15, 0.2) is 0 Å². The fourth-order valence-electron chi connectivity index (χ4n) is 2.00. The molecule has 0 unspecified atom stereocenters. The van der Waals surface area contributed by atoms with E-state index in [4.69, 9.17) is 0 Å². The summed E-state index contributed by atoms with van der Waals surface area (Å²) in [7, 11) is 0. The van der Waals surface area contributed by atoms with Crippen LogP contribution in [0.1, 0.15) is 33.3 Å². The van der Waals surface area contributed by atoms with Crippen molar-refractivity contribution in [3.63, 3.8) is 0 Å². The molecule has 0 fully saturated rings. The molecule has 0 aliphatic rings. The van der Waals surface area contributed by atoms with Crippen LogP contribution in [0.5, 0.6) is 0 Å². The Hall–Kier alpha value is -1.71. The average Bonchev–Trinajstić information content (AvgIpc) is 2.33. The highest BCUT2D eigenvalue weighted by atomic mass is 19.3. The van der Waals surface area contributed by atoms with Gasteiger partial charge in [0.25, 0.3) is 6.43 Å². The number of allylic oxidation sites excluding steroid dienone is 2. The predicted molar refractivity (Wildman–Crippen MR) is 76.2 cm³/mol. The molecule has 0 bridgehead atoms. The van der Waals surface area contributed by atoms with Gasteiger partial charge < -0.3 is 4.90 Å². The van der Waals surface area contributed by atoms with Gasteiger partial charge >= 0.3 is 0 Å². The Labute approximate surface area is 119 Å².